The molecule has 0 aliphatic rings. The van der Waals surface area contributed by atoms with Gasteiger partial charge in [0.25, 0.3) is 0 Å². The average molecular weight is 422 g/mol. The van der Waals surface area contributed by atoms with Crippen LogP contribution in [-0.4, -0.2) is 31.6 Å². The van der Waals surface area contributed by atoms with E-state index in [0.717, 1.165) is 17.7 Å². The van der Waals surface area contributed by atoms with E-state index in [4.69, 9.17) is 10.5 Å². The number of aliphatic imine (C=N–C) groups is 1. The lowest BCUT2D eigenvalue weighted by Gasteiger charge is -2.20. The van der Waals surface area contributed by atoms with Gasteiger partial charge in [0.15, 0.2) is 5.96 Å². The van der Waals surface area contributed by atoms with E-state index in [2.05, 4.69) is 15.6 Å². The molecule has 2 rings (SSSR count). The first-order valence-electron chi connectivity index (χ1n) is 9.40. The molecule has 1 amide bonds. The highest BCUT2D eigenvalue weighted by Crippen LogP contribution is 2.31. The average Bonchev–Trinajstić information content (AvgIpc) is 2.72. The van der Waals surface area contributed by atoms with Gasteiger partial charge in [-0.2, -0.15) is 13.2 Å². The SMILES string of the molecule is CCC(CNC(=NC)NCc1cccc(C(N)=O)c1)Oc1cccc(C(F)(F)F)c1. The fraction of sp³-hybridized carbons (Fsp3) is 0.333. The third-order valence-corrected chi connectivity index (χ3v) is 4.31. The normalized spacial score (nSPS) is 12.9. The van der Waals surface area contributed by atoms with Gasteiger partial charge in [-0.15, -0.1) is 0 Å². The number of nitrogens with zero attached hydrogens (tertiary/aromatic N) is 1. The van der Waals surface area contributed by atoms with E-state index in [0.29, 0.717) is 31.0 Å². The quantitative estimate of drug-likeness (QED) is 0.450. The summed E-state index contributed by atoms with van der Waals surface area (Å²) in [4.78, 5) is 15.4. The van der Waals surface area contributed by atoms with Crippen LogP contribution in [0.25, 0.3) is 0 Å². The third kappa shape index (κ3) is 6.98. The van der Waals surface area contributed by atoms with Crippen LogP contribution in [0, 0.1) is 0 Å². The number of hydrogen-bond acceptors (Lipinski definition) is 3. The van der Waals surface area contributed by atoms with E-state index >= 15 is 0 Å². The first-order valence-corrected chi connectivity index (χ1v) is 9.40. The smallest absolute Gasteiger partial charge is 0.416 e. The Morgan fingerprint density at radius 1 is 1.17 bits per heavy atom. The van der Waals surface area contributed by atoms with Gasteiger partial charge in [0.1, 0.15) is 11.9 Å². The topological polar surface area (TPSA) is 88.7 Å². The molecule has 2 aromatic rings. The maximum Gasteiger partial charge on any atom is 0.416 e. The standard InChI is InChI=1S/C21H25F3N4O2/c1-3-17(30-18-9-5-8-16(11-18)21(22,23)24)13-28-20(26-2)27-12-14-6-4-7-15(10-14)19(25)29/h4-11,17H,3,12-13H2,1-2H3,(H2,25,29)(H2,26,27,28). The molecule has 1 atom stereocenters. The van der Waals surface area contributed by atoms with Gasteiger partial charge in [-0.3, -0.25) is 9.79 Å². The van der Waals surface area contributed by atoms with Crippen LogP contribution in [-0.2, 0) is 12.7 Å². The van der Waals surface area contributed by atoms with Crippen molar-refractivity contribution in [3.05, 3.63) is 65.2 Å². The summed E-state index contributed by atoms with van der Waals surface area (Å²) in [5.74, 6) is 0.146. The summed E-state index contributed by atoms with van der Waals surface area (Å²) >= 11 is 0. The van der Waals surface area contributed by atoms with Crippen molar-refractivity contribution in [2.75, 3.05) is 13.6 Å². The highest BCUT2D eigenvalue weighted by atomic mass is 19.4. The second kappa shape index (κ2) is 10.5. The number of halogens is 3. The fourth-order valence-electron chi connectivity index (χ4n) is 2.66. The predicted molar refractivity (Wildman–Crippen MR) is 109 cm³/mol. The Morgan fingerprint density at radius 3 is 2.53 bits per heavy atom. The molecule has 0 aliphatic heterocycles. The number of nitrogens with two attached hydrogens (primary N) is 1. The van der Waals surface area contributed by atoms with Gasteiger partial charge in [0, 0.05) is 19.2 Å². The van der Waals surface area contributed by atoms with Crippen molar-refractivity contribution in [2.45, 2.75) is 32.2 Å². The van der Waals surface area contributed by atoms with E-state index in [9.17, 15) is 18.0 Å². The van der Waals surface area contributed by atoms with Crippen LogP contribution in [0.4, 0.5) is 13.2 Å². The third-order valence-electron chi connectivity index (χ3n) is 4.31. The Hall–Kier alpha value is -3.23. The monoisotopic (exact) mass is 422 g/mol. The van der Waals surface area contributed by atoms with Crippen molar-refractivity contribution >= 4 is 11.9 Å². The van der Waals surface area contributed by atoms with E-state index in [1.54, 1.807) is 25.2 Å². The molecule has 0 saturated carbocycles. The number of benzene rings is 2. The molecule has 4 N–H and O–H groups in total. The molecule has 0 aromatic heterocycles. The molecule has 0 saturated heterocycles. The Morgan fingerprint density at radius 2 is 1.90 bits per heavy atom. The molecule has 0 aliphatic carbocycles. The summed E-state index contributed by atoms with van der Waals surface area (Å²) in [6, 6.07) is 11.7. The number of guanidine groups is 1. The van der Waals surface area contributed by atoms with Crippen molar-refractivity contribution in [3.63, 3.8) is 0 Å². The Labute approximate surface area is 173 Å². The molecule has 0 fully saturated rings. The van der Waals surface area contributed by atoms with Crippen LogP contribution >= 0.6 is 0 Å². The maximum absolute atomic E-state index is 12.9. The van der Waals surface area contributed by atoms with E-state index in [1.807, 2.05) is 13.0 Å². The number of rotatable bonds is 8. The number of nitrogens with one attached hydrogen (secondary N) is 2. The second-order valence-corrected chi connectivity index (χ2v) is 6.54. The van der Waals surface area contributed by atoms with Crippen molar-refractivity contribution in [1.29, 1.82) is 0 Å². The predicted octanol–water partition coefficient (Wildman–Crippen LogP) is 3.33. The molecule has 162 valence electrons. The van der Waals surface area contributed by atoms with Gasteiger partial charge in [0.05, 0.1) is 12.1 Å². The zero-order chi connectivity index (χ0) is 22.1. The molecule has 30 heavy (non-hydrogen) atoms. The van der Waals surface area contributed by atoms with Crippen LogP contribution in [0.15, 0.2) is 53.5 Å². The number of ether oxygens (including phenoxy) is 1. The summed E-state index contributed by atoms with van der Waals surface area (Å²) in [7, 11) is 1.60. The summed E-state index contributed by atoms with van der Waals surface area (Å²) < 4.78 is 44.3. The lowest BCUT2D eigenvalue weighted by atomic mass is 10.1. The van der Waals surface area contributed by atoms with Gasteiger partial charge in [-0.05, 0) is 42.3 Å². The number of alkyl halides is 3. The van der Waals surface area contributed by atoms with E-state index in [-0.39, 0.29) is 11.9 Å². The summed E-state index contributed by atoms with van der Waals surface area (Å²) in [6.45, 7) is 2.63. The lowest BCUT2D eigenvalue weighted by molar-refractivity contribution is -0.137. The zero-order valence-electron chi connectivity index (χ0n) is 16.8. The molecule has 0 radical (unpaired) electrons. The Kier molecular flexibility index (Phi) is 8.08. The molecule has 9 heteroatoms. The summed E-state index contributed by atoms with van der Waals surface area (Å²) in [6.07, 6.45) is -4.19. The van der Waals surface area contributed by atoms with Gasteiger partial charge in [-0.25, -0.2) is 0 Å². The highest BCUT2D eigenvalue weighted by Gasteiger charge is 2.30. The van der Waals surface area contributed by atoms with Gasteiger partial charge in [0.2, 0.25) is 5.91 Å². The van der Waals surface area contributed by atoms with Crippen molar-refractivity contribution < 1.29 is 22.7 Å². The van der Waals surface area contributed by atoms with E-state index in [1.165, 1.54) is 12.1 Å². The van der Waals surface area contributed by atoms with E-state index < -0.39 is 17.6 Å². The molecule has 0 bridgehead atoms. The van der Waals surface area contributed by atoms with Crippen molar-refractivity contribution in [1.82, 2.24) is 10.6 Å². The summed E-state index contributed by atoms with van der Waals surface area (Å²) in [5, 5.41) is 6.20. The molecular weight excluding hydrogens is 397 g/mol. The Balaban J connectivity index is 1.91. The highest BCUT2D eigenvalue weighted by molar-refractivity contribution is 5.92. The maximum atomic E-state index is 12.9. The number of amides is 1. The first-order chi connectivity index (χ1) is 14.2. The number of carbonyl (C=O) groups is 1. The van der Waals surface area contributed by atoms with Crippen molar-refractivity contribution in [3.8, 4) is 5.75 Å². The lowest BCUT2D eigenvalue weighted by Crippen LogP contribution is -2.42. The van der Waals surface area contributed by atoms with Gasteiger partial charge >= 0.3 is 6.18 Å². The molecule has 2 aromatic carbocycles. The number of hydrogen-bond donors (Lipinski definition) is 3. The molecule has 0 heterocycles. The largest absolute Gasteiger partial charge is 0.489 e. The minimum atomic E-state index is -4.42. The number of primary amides is 1. The molecular formula is C21H25F3N4O2. The first kappa shape index (κ1) is 23.1. The van der Waals surface area contributed by atoms with Crippen LogP contribution in [0.1, 0.15) is 34.8 Å². The number of carbonyl (C=O) groups excluding carboxylic acids is 1. The fourth-order valence-corrected chi connectivity index (χ4v) is 2.66. The molecule has 1 unspecified atom stereocenters. The molecule has 0 spiro atoms. The minimum absolute atomic E-state index is 0.157. The van der Waals surface area contributed by atoms with Crippen molar-refractivity contribution in [2.24, 2.45) is 10.7 Å². The zero-order valence-corrected chi connectivity index (χ0v) is 16.8. The molecule has 6 nitrogen and oxygen atoms in total. The van der Waals surface area contributed by atoms with Gasteiger partial charge in [-0.1, -0.05) is 25.1 Å². The van der Waals surface area contributed by atoms with Crippen LogP contribution in [0.3, 0.4) is 0 Å². The van der Waals surface area contributed by atoms with Crippen LogP contribution in [0.5, 0.6) is 5.75 Å². The van der Waals surface area contributed by atoms with Crippen LogP contribution < -0.4 is 21.1 Å². The van der Waals surface area contributed by atoms with Gasteiger partial charge < -0.3 is 21.1 Å². The van der Waals surface area contributed by atoms with Crippen LogP contribution in [0.2, 0.25) is 0 Å². The second-order valence-electron chi connectivity index (χ2n) is 6.54. The summed E-state index contributed by atoms with van der Waals surface area (Å²) in [5.41, 5.74) is 5.80. The Bertz CT molecular complexity index is 885. The minimum Gasteiger partial charge on any atom is -0.489 e.